The molecule has 0 radical (unpaired) electrons. The summed E-state index contributed by atoms with van der Waals surface area (Å²) in [6.45, 7) is 0.217. The fraction of sp³-hybridized carbons (Fsp3) is 0.0526. The highest BCUT2D eigenvalue weighted by atomic mass is 16.3. The Hall–Kier alpha value is -3.54. The van der Waals surface area contributed by atoms with Gasteiger partial charge in [-0.1, -0.05) is 30.3 Å². The van der Waals surface area contributed by atoms with E-state index in [9.17, 15) is 9.59 Å². The molecule has 0 spiro atoms. The maximum absolute atomic E-state index is 12.5. The number of benzene rings is 1. The molecule has 0 fully saturated rings. The standard InChI is InChI=1S/C19H16N2O4/c22-18(20-13-15-8-4-10-24-15)16(12-14-6-2-1-3-7-14)21-19(23)17-9-5-11-25-17/h1-12H,13H2,(H,20,22)(H,21,23)/b16-12+. The molecule has 2 aromatic heterocycles. The third-order valence-corrected chi connectivity index (χ3v) is 3.35. The van der Waals surface area contributed by atoms with E-state index in [1.165, 1.54) is 18.6 Å². The third-order valence-electron chi connectivity index (χ3n) is 3.35. The molecule has 3 rings (SSSR count). The molecule has 0 saturated heterocycles. The number of hydrogen-bond donors (Lipinski definition) is 2. The Morgan fingerprint density at radius 2 is 1.68 bits per heavy atom. The maximum atomic E-state index is 12.5. The van der Waals surface area contributed by atoms with Crippen LogP contribution in [-0.4, -0.2) is 11.8 Å². The summed E-state index contributed by atoms with van der Waals surface area (Å²) in [5, 5.41) is 5.29. The van der Waals surface area contributed by atoms with Crippen molar-refractivity contribution in [2.75, 3.05) is 0 Å². The largest absolute Gasteiger partial charge is 0.467 e. The lowest BCUT2D eigenvalue weighted by Gasteiger charge is -2.09. The van der Waals surface area contributed by atoms with E-state index < -0.39 is 11.8 Å². The first-order valence-electron chi connectivity index (χ1n) is 7.64. The van der Waals surface area contributed by atoms with Gasteiger partial charge in [0.1, 0.15) is 11.5 Å². The van der Waals surface area contributed by atoms with Crippen molar-refractivity contribution in [3.8, 4) is 0 Å². The van der Waals surface area contributed by atoms with Gasteiger partial charge in [-0.15, -0.1) is 0 Å². The smallest absolute Gasteiger partial charge is 0.291 e. The van der Waals surface area contributed by atoms with Crippen LogP contribution in [-0.2, 0) is 11.3 Å². The predicted molar refractivity (Wildman–Crippen MR) is 91.1 cm³/mol. The minimum absolute atomic E-state index is 0.110. The second-order valence-corrected chi connectivity index (χ2v) is 5.16. The second kappa shape index (κ2) is 7.83. The van der Waals surface area contributed by atoms with E-state index in [2.05, 4.69) is 10.6 Å². The van der Waals surface area contributed by atoms with E-state index in [-0.39, 0.29) is 18.0 Å². The molecular weight excluding hydrogens is 320 g/mol. The van der Waals surface area contributed by atoms with Crippen molar-refractivity contribution < 1.29 is 18.4 Å². The van der Waals surface area contributed by atoms with Gasteiger partial charge in [-0.25, -0.2) is 0 Å². The topological polar surface area (TPSA) is 84.5 Å². The summed E-state index contributed by atoms with van der Waals surface area (Å²) in [5.41, 5.74) is 0.893. The summed E-state index contributed by atoms with van der Waals surface area (Å²) in [4.78, 5) is 24.7. The van der Waals surface area contributed by atoms with E-state index in [4.69, 9.17) is 8.83 Å². The molecule has 0 unspecified atom stereocenters. The van der Waals surface area contributed by atoms with Crippen molar-refractivity contribution in [1.82, 2.24) is 10.6 Å². The van der Waals surface area contributed by atoms with Gasteiger partial charge in [0.15, 0.2) is 5.76 Å². The quantitative estimate of drug-likeness (QED) is 0.678. The van der Waals surface area contributed by atoms with Gasteiger partial charge < -0.3 is 19.5 Å². The molecule has 0 aliphatic carbocycles. The van der Waals surface area contributed by atoms with Gasteiger partial charge in [0, 0.05) is 0 Å². The number of nitrogens with one attached hydrogen (secondary N) is 2. The zero-order chi connectivity index (χ0) is 17.5. The van der Waals surface area contributed by atoms with Gasteiger partial charge >= 0.3 is 0 Å². The number of amides is 2. The van der Waals surface area contributed by atoms with Crippen LogP contribution in [0.3, 0.4) is 0 Å². The molecule has 0 atom stereocenters. The van der Waals surface area contributed by atoms with E-state index in [1.807, 2.05) is 30.3 Å². The van der Waals surface area contributed by atoms with E-state index in [0.717, 1.165) is 5.56 Å². The highest BCUT2D eigenvalue weighted by molar-refractivity contribution is 6.04. The molecule has 0 saturated carbocycles. The van der Waals surface area contributed by atoms with Crippen LogP contribution in [0.25, 0.3) is 6.08 Å². The van der Waals surface area contributed by atoms with Gasteiger partial charge in [0.05, 0.1) is 19.1 Å². The Morgan fingerprint density at radius 1 is 0.920 bits per heavy atom. The predicted octanol–water partition coefficient (Wildman–Crippen LogP) is 2.96. The molecule has 6 nitrogen and oxygen atoms in total. The second-order valence-electron chi connectivity index (χ2n) is 5.16. The van der Waals surface area contributed by atoms with E-state index in [1.54, 1.807) is 24.3 Å². The van der Waals surface area contributed by atoms with Crippen LogP contribution < -0.4 is 10.6 Å². The number of rotatable bonds is 6. The summed E-state index contributed by atoms with van der Waals surface area (Å²) >= 11 is 0. The average Bonchev–Trinajstić information content (AvgIpc) is 3.33. The van der Waals surface area contributed by atoms with E-state index in [0.29, 0.717) is 5.76 Å². The fourth-order valence-corrected chi connectivity index (χ4v) is 2.14. The molecule has 0 aliphatic rings. The van der Waals surface area contributed by atoms with Crippen LogP contribution in [0.2, 0.25) is 0 Å². The Balaban J connectivity index is 1.77. The van der Waals surface area contributed by atoms with Crippen LogP contribution in [0.1, 0.15) is 21.9 Å². The lowest BCUT2D eigenvalue weighted by molar-refractivity contribution is -0.118. The Bertz CT molecular complexity index is 850. The zero-order valence-corrected chi connectivity index (χ0v) is 13.3. The Labute approximate surface area is 144 Å². The summed E-state index contributed by atoms with van der Waals surface area (Å²) in [7, 11) is 0. The van der Waals surface area contributed by atoms with Crippen molar-refractivity contribution >= 4 is 17.9 Å². The summed E-state index contributed by atoms with van der Waals surface area (Å²) in [6.07, 6.45) is 4.52. The van der Waals surface area contributed by atoms with E-state index >= 15 is 0 Å². The number of furan rings is 2. The molecule has 126 valence electrons. The lowest BCUT2D eigenvalue weighted by atomic mass is 10.2. The van der Waals surface area contributed by atoms with Crippen LogP contribution in [0.4, 0.5) is 0 Å². The minimum Gasteiger partial charge on any atom is -0.467 e. The van der Waals surface area contributed by atoms with Crippen molar-refractivity contribution in [3.05, 3.63) is 89.9 Å². The SMILES string of the molecule is O=C(NCc1ccco1)/C(=C\c1ccccc1)NC(=O)c1ccco1. The van der Waals surface area contributed by atoms with Crippen molar-refractivity contribution in [3.63, 3.8) is 0 Å². The summed E-state index contributed by atoms with van der Waals surface area (Å²) in [6, 6.07) is 15.8. The molecular formula is C19H16N2O4. The fourth-order valence-electron chi connectivity index (χ4n) is 2.14. The third kappa shape index (κ3) is 4.48. The van der Waals surface area contributed by atoms with Crippen LogP contribution >= 0.6 is 0 Å². The molecule has 0 aliphatic heterocycles. The first kappa shape index (κ1) is 16.3. The molecule has 2 heterocycles. The first-order chi connectivity index (χ1) is 12.2. The monoisotopic (exact) mass is 336 g/mol. The molecule has 1 aromatic carbocycles. The van der Waals surface area contributed by atoms with Crippen molar-refractivity contribution in [2.45, 2.75) is 6.54 Å². The van der Waals surface area contributed by atoms with Crippen LogP contribution in [0, 0.1) is 0 Å². The zero-order valence-electron chi connectivity index (χ0n) is 13.3. The highest BCUT2D eigenvalue weighted by Gasteiger charge is 2.16. The number of carbonyl (C=O) groups is 2. The van der Waals surface area contributed by atoms with Gasteiger partial charge in [-0.05, 0) is 35.9 Å². The van der Waals surface area contributed by atoms with Gasteiger partial charge in [0.25, 0.3) is 11.8 Å². The lowest BCUT2D eigenvalue weighted by Crippen LogP contribution is -2.34. The Kier molecular flexibility index (Phi) is 5.11. The van der Waals surface area contributed by atoms with Crippen LogP contribution in [0.15, 0.2) is 81.7 Å². The van der Waals surface area contributed by atoms with Crippen LogP contribution in [0.5, 0.6) is 0 Å². The minimum atomic E-state index is -0.500. The molecule has 2 N–H and O–H groups in total. The normalized spacial score (nSPS) is 11.1. The number of carbonyl (C=O) groups excluding carboxylic acids is 2. The van der Waals surface area contributed by atoms with Gasteiger partial charge in [-0.3, -0.25) is 9.59 Å². The summed E-state index contributed by atoms with van der Waals surface area (Å²) in [5.74, 6) is -0.192. The molecule has 6 heteroatoms. The molecule has 2 amide bonds. The number of hydrogen-bond acceptors (Lipinski definition) is 4. The Morgan fingerprint density at radius 3 is 2.36 bits per heavy atom. The van der Waals surface area contributed by atoms with Gasteiger partial charge in [0.2, 0.25) is 0 Å². The molecule has 0 bridgehead atoms. The van der Waals surface area contributed by atoms with Gasteiger partial charge in [-0.2, -0.15) is 0 Å². The molecule has 3 aromatic rings. The van der Waals surface area contributed by atoms with Crippen molar-refractivity contribution in [1.29, 1.82) is 0 Å². The first-order valence-corrected chi connectivity index (χ1v) is 7.64. The van der Waals surface area contributed by atoms with Crippen molar-refractivity contribution in [2.24, 2.45) is 0 Å². The average molecular weight is 336 g/mol. The maximum Gasteiger partial charge on any atom is 0.291 e. The highest BCUT2D eigenvalue weighted by Crippen LogP contribution is 2.08. The molecule has 25 heavy (non-hydrogen) atoms. The summed E-state index contributed by atoms with van der Waals surface area (Å²) < 4.78 is 10.2.